The lowest BCUT2D eigenvalue weighted by Crippen LogP contribution is -2.32. The molecule has 1 aromatic carbocycles. The number of hydrogen-bond acceptors (Lipinski definition) is 10. The smallest absolute Gasteiger partial charge is 0.462 e. The van der Waals surface area contributed by atoms with Gasteiger partial charge in [0.05, 0.1) is 55.3 Å². The van der Waals surface area contributed by atoms with Crippen molar-refractivity contribution in [3.63, 3.8) is 0 Å². The second-order valence-corrected chi connectivity index (χ2v) is 12.0. The summed E-state index contributed by atoms with van der Waals surface area (Å²) in [5, 5.41) is 0. The Morgan fingerprint density at radius 3 is 2.07 bits per heavy atom. The number of hydrogen-bond donors (Lipinski definition) is 0. The molecule has 3 rings (SSSR count). The van der Waals surface area contributed by atoms with Gasteiger partial charge in [-0.1, -0.05) is 35.9 Å². The van der Waals surface area contributed by atoms with Crippen molar-refractivity contribution in [3.05, 3.63) is 70.6 Å². The maximum atomic E-state index is 12.8. The number of nitrogens with zero attached hydrogens (tertiary/aromatic N) is 2. The zero-order valence-corrected chi connectivity index (χ0v) is 27.1. The lowest BCUT2D eigenvalue weighted by molar-refractivity contribution is -0.142. The van der Waals surface area contributed by atoms with Crippen LogP contribution in [-0.2, 0) is 46.7 Å². The van der Waals surface area contributed by atoms with Gasteiger partial charge >= 0.3 is 18.1 Å². The molecule has 0 spiro atoms. The van der Waals surface area contributed by atoms with Crippen molar-refractivity contribution in [2.24, 2.45) is 12.0 Å². The van der Waals surface area contributed by atoms with Crippen LogP contribution < -0.4 is 0 Å². The van der Waals surface area contributed by atoms with Crippen LogP contribution in [0.2, 0.25) is 0 Å². The first-order chi connectivity index (χ1) is 21.3. The van der Waals surface area contributed by atoms with E-state index in [0.29, 0.717) is 55.1 Å². The Morgan fingerprint density at radius 2 is 1.47 bits per heavy atom. The van der Waals surface area contributed by atoms with Gasteiger partial charge in [0.2, 0.25) is 5.78 Å². The normalized spacial score (nSPS) is 13.2. The van der Waals surface area contributed by atoms with Crippen molar-refractivity contribution in [1.82, 2.24) is 4.57 Å². The van der Waals surface area contributed by atoms with Crippen LogP contribution in [0.4, 0.5) is 4.79 Å². The average Bonchev–Trinajstić information content (AvgIpc) is 3.34. The zero-order chi connectivity index (χ0) is 33.0. The molecule has 1 aliphatic heterocycles. The molecule has 0 fully saturated rings. The van der Waals surface area contributed by atoms with Crippen LogP contribution >= 0.6 is 0 Å². The fraction of sp³-hybridized carbons (Fsp3) is 0.500. The molecule has 11 nitrogen and oxygen atoms in total. The summed E-state index contributed by atoms with van der Waals surface area (Å²) in [5.41, 5.74) is 1.86. The molecule has 0 N–H and O–H groups in total. The number of benzene rings is 1. The van der Waals surface area contributed by atoms with E-state index >= 15 is 0 Å². The van der Waals surface area contributed by atoms with Crippen LogP contribution in [0.1, 0.15) is 74.3 Å². The van der Waals surface area contributed by atoms with Gasteiger partial charge in [-0.3, -0.25) is 14.6 Å². The molecule has 0 radical (unpaired) electrons. The Labute approximate surface area is 264 Å². The molecule has 11 heteroatoms. The molecule has 0 unspecified atom stereocenters. The molecule has 244 valence electrons. The predicted molar refractivity (Wildman–Crippen MR) is 167 cm³/mol. The first-order valence-corrected chi connectivity index (χ1v) is 15.0. The second-order valence-electron chi connectivity index (χ2n) is 12.0. The molecule has 0 amide bonds. The zero-order valence-electron chi connectivity index (χ0n) is 27.1. The van der Waals surface area contributed by atoms with E-state index < -0.39 is 23.3 Å². The number of ether oxygens (including phenoxy) is 5. The highest BCUT2D eigenvalue weighted by atomic mass is 16.7. The highest BCUT2D eigenvalue weighted by Gasteiger charge is 2.24. The number of rotatable bonds is 16. The fourth-order valence-corrected chi connectivity index (χ4v) is 4.40. The van der Waals surface area contributed by atoms with Crippen LogP contribution in [0.3, 0.4) is 0 Å². The lowest BCUT2D eigenvalue weighted by Gasteiger charge is -2.28. The Hall–Kier alpha value is -4.09. The van der Waals surface area contributed by atoms with Crippen molar-refractivity contribution in [2.75, 3.05) is 33.0 Å². The third kappa shape index (κ3) is 11.7. The Bertz CT molecular complexity index is 1400. The summed E-state index contributed by atoms with van der Waals surface area (Å²) in [7, 11) is 1.68. The van der Waals surface area contributed by atoms with Crippen molar-refractivity contribution in [3.8, 4) is 0 Å². The number of carbonyl (C=O) groups is 4. The molecule has 1 aliphatic rings. The summed E-state index contributed by atoms with van der Waals surface area (Å²) in [5.74, 6) is -1.34. The highest BCUT2D eigenvalue weighted by Crippen LogP contribution is 2.19. The summed E-state index contributed by atoms with van der Waals surface area (Å²) < 4.78 is 28.7. The van der Waals surface area contributed by atoms with Gasteiger partial charge in [-0.2, -0.15) is 0 Å². The van der Waals surface area contributed by atoms with Gasteiger partial charge in [-0.25, -0.2) is 9.59 Å². The van der Waals surface area contributed by atoms with E-state index in [4.69, 9.17) is 23.7 Å². The molecule has 2 heterocycles. The molecule has 1 aromatic heterocycles. The topological polar surface area (TPSA) is 132 Å². The van der Waals surface area contributed by atoms with Crippen LogP contribution in [0.25, 0.3) is 0 Å². The summed E-state index contributed by atoms with van der Waals surface area (Å²) in [4.78, 5) is 53.5. The second kappa shape index (κ2) is 16.3. The molecular formula is C34H44N2O9. The first-order valence-electron chi connectivity index (χ1n) is 15.0. The van der Waals surface area contributed by atoms with Crippen molar-refractivity contribution >= 4 is 30.1 Å². The first kappa shape index (κ1) is 35.4. The molecule has 0 atom stereocenters. The van der Waals surface area contributed by atoms with E-state index in [1.807, 2.05) is 52.8 Å². The molecule has 45 heavy (non-hydrogen) atoms. The molecule has 0 saturated carbocycles. The summed E-state index contributed by atoms with van der Waals surface area (Å²) in [6.07, 6.45) is 3.67. The minimum absolute atomic E-state index is 0.0165. The van der Waals surface area contributed by atoms with Crippen molar-refractivity contribution in [1.29, 1.82) is 0 Å². The number of aliphatic imine (C=N–C) groups is 1. The van der Waals surface area contributed by atoms with Gasteiger partial charge in [0, 0.05) is 43.9 Å². The molecular weight excluding hydrogens is 580 g/mol. The van der Waals surface area contributed by atoms with Gasteiger partial charge in [-0.05, 0) is 53.2 Å². The van der Waals surface area contributed by atoms with Gasteiger partial charge in [0.15, 0.2) is 0 Å². The number of esters is 2. The SMILES string of the molecule is Cc1ccc(C(=O)c2ccc(CC(=O)OC(=O)OCCC(C)(C)OCCOC(C)(C)CCOC(=O)C3=CCCN=C3)n2C)cc1. The van der Waals surface area contributed by atoms with Gasteiger partial charge in [0.25, 0.3) is 0 Å². The Kier molecular flexibility index (Phi) is 12.8. The fourth-order valence-electron chi connectivity index (χ4n) is 4.40. The largest absolute Gasteiger partial charge is 0.516 e. The van der Waals surface area contributed by atoms with Gasteiger partial charge in [0.1, 0.15) is 0 Å². The van der Waals surface area contributed by atoms with Crippen molar-refractivity contribution < 1.29 is 42.9 Å². The third-order valence-electron chi connectivity index (χ3n) is 7.31. The predicted octanol–water partition coefficient (Wildman–Crippen LogP) is 5.10. The standard InChI is InChI=1S/C34H44N2O9/c1-24-9-11-25(12-10-24)30(38)28-14-13-27(36(28)6)22-29(37)45-32(40)42-19-16-34(4,5)44-21-20-43-33(2,3)15-18-41-31(39)26-8-7-17-35-23-26/h8-14,23H,7,15-22H2,1-6H3. The summed E-state index contributed by atoms with van der Waals surface area (Å²) in [6.45, 7) is 11.0. The quantitative estimate of drug-likeness (QED) is 0.108. The summed E-state index contributed by atoms with van der Waals surface area (Å²) in [6, 6.07) is 10.5. The van der Waals surface area contributed by atoms with E-state index in [1.165, 1.54) is 0 Å². The highest BCUT2D eigenvalue weighted by molar-refractivity contribution is 6.09. The van der Waals surface area contributed by atoms with E-state index in [0.717, 1.165) is 12.0 Å². The number of carbonyl (C=O) groups excluding carboxylic acids is 4. The monoisotopic (exact) mass is 624 g/mol. The van der Waals surface area contributed by atoms with E-state index in [1.54, 1.807) is 42.1 Å². The lowest BCUT2D eigenvalue weighted by atomic mass is 10.1. The molecule has 0 bridgehead atoms. The molecule has 0 saturated heterocycles. The van der Waals surface area contributed by atoms with Crippen molar-refractivity contribution in [2.45, 2.75) is 71.5 Å². The summed E-state index contributed by atoms with van der Waals surface area (Å²) >= 11 is 0. The number of aromatic nitrogens is 1. The number of ketones is 1. The maximum absolute atomic E-state index is 12.8. The average molecular weight is 625 g/mol. The number of aryl methyl sites for hydroxylation is 1. The molecule has 0 aliphatic carbocycles. The third-order valence-corrected chi connectivity index (χ3v) is 7.31. The molecule has 2 aromatic rings. The number of dihydropyridines is 1. The van der Waals surface area contributed by atoms with E-state index in [9.17, 15) is 19.2 Å². The Morgan fingerprint density at radius 1 is 0.844 bits per heavy atom. The van der Waals surface area contributed by atoms with Crippen LogP contribution in [0.15, 0.2) is 53.0 Å². The van der Waals surface area contributed by atoms with Crippen LogP contribution in [0.5, 0.6) is 0 Å². The minimum Gasteiger partial charge on any atom is -0.462 e. The van der Waals surface area contributed by atoms with E-state index in [2.05, 4.69) is 4.99 Å². The van der Waals surface area contributed by atoms with Gasteiger partial charge < -0.3 is 28.3 Å². The van der Waals surface area contributed by atoms with Crippen LogP contribution in [0, 0.1) is 6.92 Å². The Balaban J connectivity index is 1.31. The van der Waals surface area contributed by atoms with Gasteiger partial charge in [-0.15, -0.1) is 0 Å². The van der Waals surface area contributed by atoms with Crippen LogP contribution in [-0.4, -0.2) is 78.8 Å². The minimum atomic E-state index is -1.10. The maximum Gasteiger partial charge on any atom is 0.516 e. The van der Waals surface area contributed by atoms with E-state index in [-0.39, 0.29) is 31.4 Å².